The number of rotatable bonds is 5. The van der Waals surface area contributed by atoms with Crippen LogP contribution in [0.1, 0.15) is 30.4 Å². The summed E-state index contributed by atoms with van der Waals surface area (Å²) in [5.41, 5.74) is 8.92. The van der Waals surface area contributed by atoms with Crippen molar-refractivity contribution in [3.05, 3.63) is 29.3 Å². The van der Waals surface area contributed by atoms with Gasteiger partial charge >= 0.3 is 0 Å². The fourth-order valence-electron chi connectivity index (χ4n) is 3.31. The van der Waals surface area contributed by atoms with Gasteiger partial charge in [0.25, 0.3) is 0 Å². The van der Waals surface area contributed by atoms with Gasteiger partial charge in [-0.1, -0.05) is 12.1 Å². The van der Waals surface area contributed by atoms with E-state index in [9.17, 15) is 9.59 Å². The molecule has 1 aromatic rings. The van der Waals surface area contributed by atoms with E-state index in [4.69, 9.17) is 5.73 Å². The highest BCUT2D eigenvalue weighted by Gasteiger charge is 2.38. The summed E-state index contributed by atoms with van der Waals surface area (Å²) in [4.78, 5) is 26.6. The van der Waals surface area contributed by atoms with Crippen LogP contribution < -0.4 is 16.0 Å². The van der Waals surface area contributed by atoms with Gasteiger partial charge in [0.15, 0.2) is 0 Å². The van der Waals surface area contributed by atoms with Gasteiger partial charge in [-0.05, 0) is 49.8 Å². The summed E-state index contributed by atoms with van der Waals surface area (Å²) >= 11 is 0. The van der Waals surface area contributed by atoms with E-state index in [1.807, 2.05) is 32.0 Å². The van der Waals surface area contributed by atoms with Gasteiger partial charge in [0, 0.05) is 31.2 Å². The summed E-state index contributed by atoms with van der Waals surface area (Å²) in [6.07, 6.45) is 2.56. The monoisotopic (exact) mass is 315 g/mol. The van der Waals surface area contributed by atoms with Crippen LogP contribution in [0.2, 0.25) is 0 Å². The molecule has 2 amide bonds. The van der Waals surface area contributed by atoms with Gasteiger partial charge in [-0.2, -0.15) is 0 Å². The molecule has 1 saturated carbocycles. The summed E-state index contributed by atoms with van der Waals surface area (Å²) in [5.74, 6) is 0.231. The minimum atomic E-state index is -0.282. The normalized spacial score (nSPS) is 22.3. The Labute approximate surface area is 137 Å². The average Bonchev–Trinajstić information content (AvgIpc) is 3.30. The third-order valence-corrected chi connectivity index (χ3v) is 5.14. The fraction of sp³-hybridized carbons (Fsp3) is 0.556. The van der Waals surface area contributed by atoms with Crippen LogP contribution in [0.4, 0.5) is 5.69 Å². The molecule has 1 aliphatic heterocycles. The van der Waals surface area contributed by atoms with E-state index in [2.05, 4.69) is 5.32 Å². The van der Waals surface area contributed by atoms with Crippen molar-refractivity contribution in [1.29, 1.82) is 0 Å². The summed E-state index contributed by atoms with van der Waals surface area (Å²) in [6, 6.07) is 6.00. The van der Waals surface area contributed by atoms with Gasteiger partial charge < -0.3 is 16.0 Å². The maximum Gasteiger partial charge on any atom is 0.227 e. The van der Waals surface area contributed by atoms with E-state index in [-0.39, 0.29) is 30.2 Å². The van der Waals surface area contributed by atoms with Gasteiger partial charge in [0.05, 0.1) is 5.92 Å². The van der Waals surface area contributed by atoms with Crippen LogP contribution in [0.5, 0.6) is 0 Å². The van der Waals surface area contributed by atoms with Crippen LogP contribution in [-0.4, -0.2) is 30.9 Å². The van der Waals surface area contributed by atoms with E-state index in [0.29, 0.717) is 19.0 Å². The molecule has 1 aliphatic carbocycles. The van der Waals surface area contributed by atoms with Crippen molar-refractivity contribution in [3.63, 3.8) is 0 Å². The fourth-order valence-corrected chi connectivity index (χ4v) is 3.31. The maximum absolute atomic E-state index is 12.5. The topological polar surface area (TPSA) is 75.4 Å². The first-order valence-electron chi connectivity index (χ1n) is 8.38. The molecule has 124 valence electrons. The number of nitrogens with two attached hydrogens (primary N) is 1. The Balaban J connectivity index is 1.69. The van der Waals surface area contributed by atoms with E-state index in [1.54, 1.807) is 4.90 Å². The minimum absolute atomic E-state index is 0.0228. The predicted octanol–water partition coefficient (Wildman–Crippen LogP) is 1.51. The number of nitrogens with one attached hydrogen (secondary N) is 1. The number of nitrogens with zero attached hydrogens (tertiary/aromatic N) is 1. The van der Waals surface area contributed by atoms with E-state index < -0.39 is 0 Å². The van der Waals surface area contributed by atoms with Gasteiger partial charge in [-0.3, -0.25) is 9.59 Å². The number of benzene rings is 1. The van der Waals surface area contributed by atoms with Crippen molar-refractivity contribution in [3.8, 4) is 0 Å². The van der Waals surface area contributed by atoms with Crippen LogP contribution in [0.15, 0.2) is 18.2 Å². The second-order valence-electron chi connectivity index (χ2n) is 6.81. The van der Waals surface area contributed by atoms with Crippen molar-refractivity contribution in [2.45, 2.75) is 39.2 Å². The Kier molecular flexibility index (Phi) is 4.39. The highest BCUT2D eigenvalue weighted by molar-refractivity contribution is 6.01. The summed E-state index contributed by atoms with van der Waals surface area (Å²) in [6.45, 7) is 4.97. The highest BCUT2D eigenvalue weighted by atomic mass is 16.2. The molecule has 3 N–H and O–H groups in total. The summed E-state index contributed by atoms with van der Waals surface area (Å²) in [5, 5.41) is 3.05. The smallest absolute Gasteiger partial charge is 0.227 e. The van der Waals surface area contributed by atoms with Crippen molar-refractivity contribution < 1.29 is 9.59 Å². The Hall–Kier alpha value is -1.88. The molecule has 0 spiro atoms. The molecule has 2 unspecified atom stereocenters. The standard InChI is InChI=1S/C18H25N3O2/c1-11-4-3-5-16(12(11)2)21-10-14(8-17(21)22)18(23)20-15(9-19)13-6-7-13/h3-5,13-15H,6-10,19H2,1-2H3,(H,20,23). The Morgan fingerprint density at radius 1 is 1.39 bits per heavy atom. The second kappa shape index (κ2) is 6.32. The molecular weight excluding hydrogens is 290 g/mol. The summed E-state index contributed by atoms with van der Waals surface area (Å²) < 4.78 is 0. The lowest BCUT2D eigenvalue weighted by Gasteiger charge is -2.21. The Morgan fingerprint density at radius 2 is 2.13 bits per heavy atom. The zero-order valence-corrected chi connectivity index (χ0v) is 13.8. The van der Waals surface area contributed by atoms with Crippen LogP contribution in [0, 0.1) is 25.7 Å². The minimum Gasteiger partial charge on any atom is -0.352 e. The molecule has 23 heavy (non-hydrogen) atoms. The maximum atomic E-state index is 12.5. The first-order chi connectivity index (χ1) is 11.0. The molecule has 5 heteroatoms. The van der Waals surface area contributed by atoms with Crippen molar-refractivity contribution in [2.75, 3.05) is 18.0 Å². The number of anilines is 1. The number of hydrogen-bond acceptors (Lipinski definition) is 3. The average molecular weight is 315 g/mol. The number of carbonyl (C=O) groups excluding carboxylic acids is 2. The molecular formula is C18H25N3O2. The molecule has 0 aromatic heterocycles. The quantitative estimate of drug-likeness (QED) is 0.865. The molecule has 2 fully saturated rings. The van der Waals surface area contributed by atoms with Crippen LogP contribution >= 0.6 is 0 Å². The highest BCUT2D eigenvalue weighted by Crippen LogP contribution is 2.33. The van der Waals surface area contributed by atoms with Gasteiger partial charge in [-0.15, -0.1) is 0 Å². The molecule has 3 rings (SSSR count). The molecule has 2 atom stereocenters. The molecule has 1 aromatic carbocycles. The summed E-state index contributed by atoms with van der Waals surface area (Å²) in [7, 11) is 0. The zero-order valence-electron chi connectivity index (χ0n) is 13.8. The molecule has 0 bridgehead atoms. The van der Waals surface area contributed by atoms with Crippen LogP contribution in [0.3, 0.4) is 0 Å². The predicted molar refractivity (Wildman–Crippen MR) is 90.1 cm³/mol. The number of amides is 2. The Morgan fingerprint density at radius 3 is 2.78 bits per heavy atom. The molecule has 1 saturated heterocycles. The van der Waals surface area contributed by atoms with Crippen molar-refractivity contribution >= 4 is 17.5 Å². The lowest BCUT2D eigenvalue weighted by Crippen LogP contribution is -2.45. The first kappa shape index (κ1) is 16.0. The third-order valence-electron chi connectivity index (χ3n) is 5.14. The molecule has 2 aliphatic rings. The Bertz CT molecular complexity index is 625. The van der Waals surface area contributed by atoms with E-state index in [0.717, 1.165) is 29.7 Å². The van der Waals surface area contributed by atoms with Gasteiger partial charge in [-0.25, -0.2) is 0 Å². The van der Waals surface area contributed by atoms with Gasteiger partial charge in [0.2, 0.25) is 11.8 Å². The van der Waals surface area contributed by atoms with E-state index in [1.165, 1.54) is 0 Å². The van der Waals surface area contributed by atoms with Crippen molar-refractivity contribution in [2.24, 2.45) is 17.6 Å². The molecule has 0 radical (unpaired) electrons. The lowest BCUT2D eigenvalue weighted by molar-refractivity contribution is -0.127. The SMILES string of the molecule is Cc1cccc(N2CC(C(=O)NC(CN)C3CC3)CC2=O)c1C. The van der Waals surface area contributed by atoms with E-state index >= 15 is 0 Å². The first-order valence-corrected chi connectivity index (χ1v) is 8.38. The molecule has 5 nitrogen and oxygen atoms in total. The largest absolute Gasteiger partial charge is 0.352 e. The number of aryl methyl sites for hydroxylation is 1. The van der Waals surface area contributed by atoms with Crippen LogP contribution in [0.25, 0.3) is 0 Å². The number of carbonyl (C=O) groups is 2. The molecule has 1 heterocycles. The zero-order chi connectivity index (χ0) is 16.6. The lowest BCUT2D eigenvalue weighted by atomic mass is 10.1. The van der Waals surface area contributed by atoms with Crippen molar-refractivity contribution in [1.82, 2.24) is 5.32 Å². The van der Waals surface area contributed by atoms with Crippen LogP contribution in [-0.2, 0) is 9.59 Å². The van der Waals surface area contributed by atoms with Gasteiger partial charge in [0.1, 0.15) is 0 Å². The number of hydrogen-bond donors (Lipinski definition) is 2. The third kappa shape index (κ3) is 3.24. The second-order valence-corrected chi connectivity index (χ2v) is 6.81.